The maximum atomic E-state index is 5.27. The third-order valence-corrected chi connectivity index (χ3v) is 1.37. The van der Waals surface area contributed by atoms with Crippen LogP contribution in [0.4, 0.5) is 0 Å². The molecule has 0 fully saturated rings. The first-order valence-electron chi connectivity index (χ1n) is 3.75. The van der Waals surface area contributed by atoms with Gasteiger partial charge in [-0.2, -0.15) is 0 Å². The molecule has 0 saturated heterocycles. The Morgan fingerprint density at radius 1 is 1.17 bits per heavy atom. The van der Waals surface area contributed by atoms with E-state index in [0.717, 1.165) is 0 Å². The molecule has 2 nitrogen and oxygen atoms in total. The molecule has 0 radical (unpaired) electrons. The molecule has 0 aliphatic carbocycles. The Bertz CT molecular complexity index is 191. The van der Waals surface area contributed by atoms with Gasteiger partial charge in [-0.1, -0.05) is 30.3 Å². The van der Waals surface area contributed by atoms with Crippen molar-refractivity contribution < 1.29 is 17.1 Å². The number of ether oxygens (including phenoxy) is 1. The van der Waals surface area contributed by atoms with Gasteiger partial charge in [0.25, 0.3) is 0 Å². The number of rotatable bonds is 4. The van der Waals surface area contributed by atoms with Crippen molar-refractivity contribution in [3.05, 3.63) is 35.9 Å². The van der Waals surface area contributed by atoms with Gasteiger partial charge < -0.3 is 22.9 Å². The van der Waals surface area contributed by atoms with E-state index in [0.29, 0.717) is 19.8 Å². The molecule has 0 saturated carbocycles. The summed E-state index contributed by atoms with van der Waals surface area (Å²) in [5.74, 6) is 0. The molecule has 0 amide bonds. The second kappa shape index (κ2) is 7.10. The lowest BCUT2D eigenvalue weighted by Gasteiger charge is -2.00. The van der Waals surface area contributed by atoms with Gasteiger partial charge in [0.05, 0.1) is 13.2 Å². The lowest BCUT2D eigenvalue weighted by molar-refractivity contribution is -0.00000278. The summed E-state index contributed by atoms with van der Waals surface area (Å²) in [6.45, 7) is 1.89. The van der Waals surface area contributed by atoms with E-state index in [1.54, 1.807) is 0 Å². The molecule has 0 aliphatic heterocycles. The van der Waals surface area contributed by atoms with E-state index < -0.39 is 0 Å². The molecule has 3 heteroatoms. The number of hydrogen-bond donors (Lipinski definition) is 1. The van der Waals surface area contributed by atoms with Gasteiger partial charge >= 0.3 is 0 Å². The van der Waals surface area contributed by atoms with Crippen LogP contribution in [0, 0.1) is 0 Å². The molecule has 12 heavy (non-hydrogen) atoms. The van der Waals surface area contributed by atoms with Gasteiger partial charge in [-0.15, -0.1) is 0 Å². The smallest absolute Gasteiger partial charge is 0.0717 e. The summed E-state index contributed by atoms with van der Waals surface area (Å²) in [6.07, 6.45) is 0. The Hall–Kier alpha value is -0.570. The molecular formula is C9H13ClNO-. The van der Waals surface area contributed by atoms with Gasteiger partial charge in [0, 0.05) is 6.54 Å². The second-order valence-electron chi connectivity index (χ2n) is 2.33. The molecule has 1 rings (SSSR count). The average molecular weight is 187 g/mol. The van der Waals surface area contributed by atoms with Crippen LogP contribution in [0.1, 0.15) is 5.56 Å². The minimum Gasteiger partial charge on any atom is -1.00 e. The van der Waals surface area contributed by atoms with Crippen molar-refractivity contribution in [2.45, 2.75) is 6.61 Å². The minimum atomic E-state index is 0. The topological polar surface area (TPSA) is 35.2 Å². The van der Waals surface area contributed by atoms with Crippen molar-refractivity contribution in [1.29, 1.82) is 0 Å². The third-order valence-electron chi connectivity index (χ3n) is 1.37. The summed E-state index contributed by atoms with van der Waals surface area (Å²) in [4.78, 5) is 0. The molecule has 0 bridgehead atoms. The highest BCUT2D eigenvalue weighted by atomic mass is 35.5. The molecule has 0 heterocycles. The maximum Gasteiger partial charge on any atom is 0.0717 e. The molecule has 0 aliphatic rings. The van der Waals surface area contributed by atoms with Gasteiger partial charge in [-0.25, -0.2) is 0 Å². The van der Waals surface area contributed by atoms with Crippen molar-refractivity contribution in [1.82, 2.24) is 0 Å². The first-order valence-corrected chi connectivity index (χ1v) is 3.75. The van der Waals surface area contributed by atoms with E-state index in [1.807, 2.05) is 30.3 Å². The molecule has 2 N–H and O–H groups in total. The van der Waals surface area contributed by atoms with Gasteiger partial charge in [-0.3, -0.25) is 0 Å². The fourth-order valence-electron chi connectivity index (χ4n) is 0.848. The average Bonchev–Trinajstić information content (AvgIpc) is 2.07. The predicted octanol–water partition coefficient (Wildman–Crippen LogP) is -1.83. The first kappa shape index (κ1) is 11.4. The fraction of sp³-hybridized carbons (Fsp3) is 0.333. The van der Waals surface area contributed by atoms with Crippen molar-refractivity contribution in [3.63, 3.8) is 0 Å². The summed E-state index contributed by atoms with van der Waals surface area (Å²) in [6, 6.07) is 10.1. The van der Waals surface area contributed by atoms with Crippen LogP contribution < -0.4 is 18.1 Å². The van der Waals surface area contributed by atoms with Crippen LogP contribution in [0.25, 0.3) is 0 Å². The quantitative estimate of drug-likeness (QED) is 0.562. The van der Waals surface area contributed by atoms with E-state index >= 15 is 0 Å². The normalized spacial score (nSPS) is 9.08. The monoisotopic (exact) mass is 186 g/mol. The number of nitrogens with two attached hydrogens (primary N) is 1. The van der Waals surface area contributed by atoms with Gasteiger partial charge in [-0.05, 0) is 5.56 Å². The number of halogens is 1. The molecule has 0 aromatic heterocycles. The van der Waals surface area contributed by atoms with Crippen LogP contribution in [-0.2, 0) is 11.3 Å². The van der Waals surface area contributed by atoms with E-state index in [1.165, 1.54) is 5.56 Å². The van der Waals surface area contributed by atoms with E-state index in [2.05, 4.69) is 0 Å². The summed E-state index contributed by atoms with van der Waals surface area (Å²) in [7, 11) is 0. The summed E-state index contributed by atoms with van der Waals surface area (Å²) < 4.78 is 5.24. The standard InChI is InChI=1S/C9H13NO.ClH/c10-6-7-11-8-9-4-2-1-3-5-9;/h1-5H,6-8,10H2;1H/p-1. The van der Waals surface area contributed by atoms with Crippen LogP contribution in [-0.4, -0.2) is 13.2 Å². The molecular weight excluding hydrogens is 174 g/mol. The van der Waals surface area contributed by atoms with Crippen molar-refractivity contribution in [3.8, 4) is 0 Å². The van der Waals surface area contributed by atoms with E-state index in [-0.39, 0.29) is 12.4 Å². The number of hydrogen-bond acceptors (Lipinski definition) is 2. The minimum absolute atomic E-state index is 0. The molecule has 0 atom stereocenters. The lowest BCUT2D eigenvalue weighted by Crippen LogP contribution is -3.00. The zero-order valence-corrected chi connectivity index (χ0v) is 7.63. The SMILES string of the molecule is NCCOCc1ccccc1.[Cl-]. The highest BCUT2D eigenvalue weighted by molar-refractivity contribution is 5.13. The van der Waals surface area contributed by atoms with Crippen molar-refractivity contribution in [2.24, 2.45) is 5.73 Å². The lowest BCUT2D eigenvalue weighted by atomic mass is 10.2. The van der Waals surface area contributed by atoms with Crippen molar-refractivity contribution >= 4 is 0 Å². The molecule has 0 unspecified atom stereocenters. The highest BCUT2D eigenvalue weighted by Crippen LogP contribution is 1.99. The van der Waals surface area contributed by atoms with E-state index in [4.69, 9.17) is 10.5 Å². The van der Waals surface area contributed by atoms with Crippen molar-refractivity contribution in [2.75, 3.05) is 13.2 Å². The Balaban J connectivity index is 0.00000121. The van der Waals surface area contributed by atoms with Crippen LogP contribution in [0.15, 0.2) is 30.3 Å². The van der Waals surface area contributed by atoms with Gasteiger partial charge in [0.15, 0.2) is 0 Å². The summed E-state index contributed by atoms with van der Waals surface area (Å²) in [5, 5.41) is 0. The highest BCUT2D eigenvalue weighted by Gasteiger charge is 1.88. The Morgan fingerprint density at radius 3 is 2.42 bits per heavy atom. The fourth-order valence-corrected chi connectivity index (χ4v) is 0.848. The molecule has 0 spiro atoms. The second-order valence-corrected chi connectivity index (χ2v) is 2.33. The Kier molecular flexibility index (Phi) is 6.76. The van der Waals surface area contributed by atoms with Crippen LogP contribution in [0.5, 0.6) is 0 Å². The summed E-state index contributed by atoms with van der Waals surface area (Å²) >= 11 is 0. The zero-order chi connectivity index (χ0) is 7.94. The largest absolute Gasteiger partial charge is 1.00 e. The molecule has 1 aromatic rings. The maximum absolute atomic E-state index is 5.27. The molecule has 68 valence electrons. The Morgan fingerprint density at radius 2 is 1.83 bits per heavy atom. The zero-order valence-electron chi connectivity index (χ0n) is 6.87. The van der Waals surface area contributed by atoms with E-state index in [9.17, 15) is 0 Å². The molecule has 1 aromatic carbocycles. The van der Waals surface area contributed by atoms with Crippen LogP contribution >= 0.6 is 0 Å². The van der Waals surface area contributed by atoms with Crippen LogP contribution in [0.2, 0.25) is 0 Å². The first-order chi connectivity index (χ1) is 5.43. The van der Waals surface area contributed by atoms with Gasteiger partial charge in [0.1, 0.15) is 0 Å². The third kappa shape index (κ3) is 4.34. The predicted molar refractivity (Wildman–Crippen MR) is 45.2 cm³/mol. The Labute approximate surface area is 79.1 Å². The number of benzene rings is 1. The van der Waals surface area contributed by atoms with Gasteiger partial charge in [0.2, 0.25) is 0 Å². The summed E-state index contributed by atoms with van der Waals surface area (Å²) in [5.41, 5.74) is 6.46. The van der Waals surface area contributed by atoms with Crippen LogP contribution in [0.3, 0.4) is 0 Å².